The number of ketones is 1. The molecule has 1 aromatic carbocycles. The number of carbonyl (C=O) groups is 2. The zero-order valence-corrected chi connectivity index (χ0v) is 15.0. The number of amides is 1. The summed E-state index contributed by atoms with van der Waals surface area (Å²) in [5, 5.41) is 3.95. The Morgan fingerprint density at radius 3 is 2.64 bits per heavy atom. The summed E-state index contributed by atoms with van der Waals surface area (Å²) >= 11 is 0. The fourth-order valence-corrected chi connectivity index (χ4v) is 3.77. The Labute approximate surface area is 148 Å². The van der Waals surface area contributed by atoms with Gasteiger partial charge in [-0.2, -0.15) is 0 Å². The lowest BCUT2D eigenvalue weighted by Gasteiger charge is -2.27. The van der Waals surface area contributed by atoms with E-state index in [0.717, 1.165) is 24.1 Å². The molecular formula is C20H24N2O3. The van der Waals surface area contributed by atoms with Crippen LogP contribution in [-0.2, 0) is 4.79 Å². The van der Waals surface area contributed by atoms with Crippen molar-refractivity contribution in [3.05, 3.63) is 52.9 Å². The van der Waals surface area contributed by atoms with Gasteiger partial charge < -0.3 is 9.42 Å². The lowest BCUT2D eigenvalue weighted by Crippen LogP contribution is -2.39. The van der Waals surface area contributed by atoms with Crippen LogP contribution in [0.2, 0.25) is 0 Å². The van der Waals surface area contributed by atoms with Gasteiger partial charge in [-0.15, -0.1) is 0 Å². The summed E-state index contributed by atoms with van der Waals surface area (Å²) in [6.45, 7) is 6.29. The van der Waals surface area contributed by atoms with E-state index in [4.69, 9.17) is 4.52 Å². The Kier molecular flexibility index (Phi) is 5.02. The molecule has 2 aromatic rings. The van der Waals surface area contributed by atoms with Crippen LogP contribution in [-0.4, -0.2) is 34.3 Å². The highest BCUT2D eigenvalue weighted by atomic mass is 16.5. The third-order valence-corrected chi connectivity index (χ3v) is 5.07. The van der Waals surface area contributed by atoms with Crippen LogP contribution in [0, 0.1) is 13.8 Å². The Hall–Kier alpha value is -2.43. The lowest BCUT2D eigenvalue weighted by molar-refractivity contribution is -0.133. The molecule has 0 N–H and O–H groups in total. The summed E-state index contributed by atoms with van der Waals surface area (Å²) in [5.74, 6) is 0.529. The number of hydrogen-bond donors (Lipinski definition) is 0. The van der Waals surface area contributed by atoms with Gasteiger partial charge in [-0.25, -0.2) is 0 Å². The quantitative estimate of drug-likeness (QED) is 0.779. The normalized spacial score (nSPS) is 18.4. The largest absolute Gasteiger partial charge is 0.361 e. The van der Waals surface area contributed by atoms with Crippen LogP contribution in [0.5, 0.6) is 0 Å². The molecule has 0 unspecified atom stereocenters. The summed E-state index contributed by atoms with van der Waals surface area (Å²) < 4.78 is 5.20. The predicted octanol–water partition coefficient (Wildman–Crippen LogP) is 3.66. The number of Topliss-reactive ketones (excluding diaryl/α,β-unsaturated/α-hetero) is 1. The van der Waals surface area contributed by atoms with Crippen molar-refractivity contribution in [3.63, 3.8) is 0 Å². The maximum absolute atomic E-state index is 13.0. The van der Waals surface area contributed by atoms with Gasteiger partial charge in [0.1, 0.15) is 5.76 Å². The molecule has 25 heavy (non-hydrogen) atoms. The molecule has 0 radical (unpaired) electrons. The molecule has 1 saturated heterocycles. The van der Waals surface area contributed by atoms with Gasteiger partial charge in [-0.3, -0.25) is 9.59 Å². The van der Waals surface area contributed by atoms with Crippen molar-refractivity contribution in [2.45, 2.75) is 52.0 Å². The molecule has 5 nitrogen and oxygen atoms in total. The van der Waals surface area contributed by atoms with Gasteiger partial charge in [0, 0.05) is 30.1 Å². The highest BCUT2D eigenvalue weighted by Crippen LogP contribution is 2.30. The molecule has 2 heterocycles. The monoisotopic (exact) mass is 340 g/mol. The molecule has 0 saturated carbocycles. The van der Waals surface area contributed by atoms with Gasteiger partial charge in [-0.05, 0) is 33.6 Å². The Morgan fingerprint density at radius 2 is 2.00 bits per heavy atom. The van der Waals surface area contributed by atoms with Gasteiger partial charge in [0.2, 0.25) is 5.91 Å². The number of likely N-dealkylation sites (tertiary alicyclic amines) is 1. The van der Waals surface area contributed by atoms with Crippen LogP contribution < -0.4 is 0 Å². The van der Waals surface area contributed by atoms with E-state index in [1.54, 1.807) is 0 Å². The first-order valence-corrected chi connectivity index (χ1v) is 8.80. The third-order valence-electron chi connectivity index (χ3n) is 5.07. The van der Waals surface area contributed by atoms with Crippen molar-refractivity contribution >= 4 is 11.7 Å². The van der Waals surface area contributed by atoms with Crippen LogP contribution in [0.4, 0.5) is 0 Å². The number of hydrogen-bond acceptors (Lipinski definition) is 4. The van der Waals surface area contributed by atoms with Crippen LogP contribution in [0.15, 0.2) is 34.9 Å². The minimum absolute atomic E-state index is 0.0249. The number of carbonyl (C=O) groups excluding carboxylic acids is 2. The first-order chi connectivity index (χ1) is 12.0. The van der Waals surface area contributed by atoms with E-state index in [2.05, 4.69) is 5.16 Å². The van der Waals surface area contributed by atoms with Crippen LogP contribution in [0.25, 0.3) is 0 Å². The summed E-state index contributed by atoms with van der Waals surface area (Å²) in [6, 6.07) is 9.26. The molecule has 5 heteroatoms. The number of nitrogens with zero attached hydrogens (tertiary/aromatic N) is 2. The molecule has 1 amide bonds. The van der Waals surface area contributed by atoms with Crippen LogP contribution in [0.1, 0.15) is 59.5 Å². The number of aryl methyl sites for hydroxylation is 2. The van der Waals surface area contributed by atoms with E-state index in [0.29, 0.717) is 24.3 Å². The maximum atomic E-state index is 13.0. The smallest absolute Gasteiger partial charge is 0.230 e. The molecule has 1 aliphatic heterocycles. The predicted molar refractivity (Wildman–Crippen MR) is 94.5 cm³/mol. The fourth-order valence-electron chi connectivity index (χ4n) is 3.77. The molecule has 1 aliphatic rings. The van der Waals surface area contributed by atoms with Crippen molar-refractivity contribution in [1.29, 1.82) is 0 Å². The van der Waals surface area contributed by atoms with Gasteiger partial charge in [0.25, 0.3) is 0 Å². The molecule has 1 aromatic heterocycles. The van der Waals surface area contributed by atoms with E-state index in [9.17, 15) is 9.59 Å². The van der Waals surface area contributed by atoms with Gasteiger partial charge in [-0.1, -0.05) is 35.5 Å². The second kappa shape index (κ2) is 7.21. The van der Waals surface area contributed by atoms with E-state index < -0.39 is 0 Å². The average Bonchev–Trinajstić information content (AvgIpc) is 3.21. The van der Waals surface area contributed by atoms with Crippen molar-refractivity contribution < 1.29 is 14.1 Å². The zero-order chi connectivity index (χ0) is 18.0. The van der Waals surface area contributed by atoms with Gasteiger partial charge >= 0.3 is 0 Å². The molecule has 0 bridgehead atoms. The van der Waals surface area contributed by atoms with Crippen molar-refractivity contribution in [2.75, 3.05) is 6.54 Å². The SMILES string of the molecule is Cc1noc(C)c1[C@H](C)C(=O)N1CCC[C@H]1CC(=O)c1ccccc1. The Balaban J connectivity index is 1.73. The Morgan fingerprint density at radius 1 is 1.28 bits per heavy atom. The molecule has 132 valence electrons. The standard InChI is InChI=1S/C20H24N2O3/c1-13(19-14(2)21-25-15(19)3)20(24)22-11-7-10-17(22)12-18(23)16-8-5-4-6-9-16/h4-6,8-9,13,17H,7,10-12H2,1-3H3/t13-,17-/m0/s1. The van der Waals surface area contributed by atoms with E-state index in [-0.39, 0.29) is 23.7 Å². The maximum Gasteiger partial charge on any atom is 0.230 e. The summed E-state index contributed by atoms with van der Waals surface area (Å²) in [5.41, 5.74) is 2.33. The lowest BCUT2D eigenvalue weighted by atomic mass is 9.96. The first-order valence-electron chi connectivity index (χ1n) is 8.80. The summed E-state index contributed by atoms with van der Waals surface area (Å²) in [4.78, 5) is 27.4. The molecule has 0 aliphatic carbocycles. The Bertz CT molecular complexity index is 747. The highest BCUT2D eigenvalue weighted by molar-refractivity contribution is 5.96. The number of aromatic nitrogens is 1. The molecule has 3 rings (SSSR count). The van der Waals surface area contributed by atoms with Crippen molar-refractivity contribution in [1.82, 2.24) is 10.1 Å². The van der Waals surface area contributed by atoms with Gasteiger partial charge in [0.05, 0.1) is 11.6 Å². The minimum Gasteiger partial charge on any atom is -0.361 e. The highest BCUT2D eigenvalue weighted by Gasteiger charge is 2.35. The molecule has 1 fully saturated rings. The molecule has 0 spiro atoms. The van der Waals surface area contributed by atoms with E-state index >= 15 is 0 Å². The molecule has 2 atom stereocenters. The van der Waals surface area contributed by atoms with E-state index in [1.807, 2.05) is 56.0 Å². The van der Waals surface area contributed by atoms with Crippen molar-refractivity contribution in [2.24, 2.45) is 0 Å². The zero-order valence-electron chi connectivity index (χ0n) is 15.0. The summed E-state index contributed by atoms with van der Waals surface area (Å²) in [7, 11) is 0. The third kappa shape index (κ3) is 3.50. The second-order valence-electron chi connectivity index (χ2n) is 6.78. The minimum atomic E-state index is -0.307. The number of rotatable bonds is 5. The second-order valence-corrected chi connectivity index (χ2v) is 6.78. The fraction of sp³-hybridized carbons (Fsp3) is 0.450. The number of benzene rings is 1. The van der Waals surface area contributed by atoms with E-state index in [1.165, 1.54) is 0 Å². The summed E-state index contributed by atoms with van der Waals surface area (Å²) in [6.07, 6.45) is 2.19. The van der Waals surface area contributed by atoms with Crippen molar-refractivity contribution in [3.8, 4) is 0 Å². The average molecular weight is 340 g/mol. The topological polar surface area (TPSA) is 63.4 Å². The van der Waals surface area contributed by atoms with Crippen LogP contribution >= 0.6 is 0 Å². The van der Waals surface area contributed by atoms with Crippen LogP contribution in [0.3, 0.4) is 0 Å². The van der Waals surface area contributed by atoms with Gasteiger partial charge in [0.15, 0.2) is 5.78 Å². The molecular weight excluding hydrogens is 316 g/mol. The first kappa shape index (κ1) is 17.4.